The molecule has 6 nitrogen and oxygen atoms in total. The van der Waals surface area contributed by atoms with Gasteiger partial charge in [0.15, 0.2) is 6.61 Å². The van der Waals surface area contributed by atoms with E-state index in [1.807, 2.05) is 24.3 Å². The average Bonchev–Trinajstić information content (AvgIpc) is 2.74. The minimum atomic E-state index is -0.718. The number of carbonyl (C=O) groups is 3. The van der Waals surface area contributed by atoms with Gasteiger partial charge in [0.2, 0.25) is 5.91 Å². The number of hydrogen-bond acceptors (Lipinski definition) is 4. The summed E-state index contributed by atoms with van der Waals surface area (Å²) in [5, 5.41) is 4.29. The Hall–Kier alpha value is -3.74. The van der Waals surface area contributed by atoms with Crippen molar-refractivity contribution in [3.05, 3.63) is 77.6 Å². The number of halogens is 1. The van der Waals surface area contributed by atoms with E-state index in [-0.39, 0.29) is 23.8 Å². The standard InChI is InChI=1S/C24H23FN2O4/c1-3-27(14-17-7-6-10-20(25)11-17)23(29)15-31-24(30)21-12-18-8-4-5-9-19(18)13-22(21)26-16(2)28/h4-13H,3,14-15H2,1-2H3,(H,26,28). The zero-order valence-electron chi connectivity index (χ0n) is 17.4. The first-order valence-corrected chi connectivity index (χ1v) is 9.87. The Bertz CT molecular complexity index is 1130. The molecule has 0 saturated heterocycles. The number of likely N-dealkylation sites (N-methyl/N-ethyl adjacent to an activating group) is 1. The maximum absolute atomic E-state index is 13.4. The quantitative estimate of drug-likeness (QED) is 0.581. The van der Waals surface area contributed by atoms with Crippen molar-refractivity contribution in [2.75, 3.05) is 18.5 Å². The maximum atomic E-state index is 13.4. The molecule has 0 aliphatic carbocycles. The Balaban J connectivity index is 1.73. The summed E-state index contributed by atoms with van der Waals surface area (Å²) in [5.74, 6) is -1.83. The molecule has 3 rings (SSSR count). The highest BCUT2D eigenvalue weighted by Crippen LogP contribution is 2.25. The van der Waals surface area contributed by atoms with Crippen LogP contribution < -0.4 is 5.32 Å². The molecule has 1 N–H and O–H groups in total. The molecule has 0 heterocycles. The summed E-state index contributed by atoms with van der Waals surface area (Å²) in [6, 6.07) is 16.7. The van der Waals surface area contributed by atoms with Crippen LogP contribution in [-0.4, -0.2) is 35.8 Å². The van der Waals surface area contributed by atoms with Gasteiger partial charge in [-0.3, -0.25) is 9.59 Å². The highest BCUT2D eigenvalue weighted by atomic mass is 19.1. The number of nitrogens with one attached hydrogen (secondary N) is 1. The molecule has 0 atom stereocenters. The first-order valence-electron chi connectivity index (χ1n) is 9.87. The van der Waals surface area contributed by atoms with Gasteiger partial charge in [-0.05, 0) is 47.5 Å². The van der Waals surface area contributed by atoms with Crippen molar-refractivity contribution in [3.63, 3.8) is 0 Å². The zero-order chi connectivity index (χ0) is 22.4. The van der Waals surface area contributed by atoms with Crippen molar-refractivity contribution < 1.29 is 23.5 Å². The number of amides is 2. The number of rotatable bonds is 7. The highest BCUT2D eigenvalue weighted by molar-refractivity contribution is 6.05. The molecule has 0 bridgehead atoms. The third kappa shape index (κ3) is 5.66. The number of nitrogens with zero attached hydrogens (tertiary/aromatic N) is 1. The summed E-state index contributed by atoms with van der Waals surface area (Å²) in [4.78, 5) is 38.3. The van der Waals surface area contributed by atoms with Crippen LogP contribution in [0.15, 0.2) is 60.7 Å². The van der Waals surface area contributed by atoms with E-state index >= 15 is 0 Å². The minimum absolute atomic E-state index is 0.162. The van der Waals surface area contributed by atoms with Crippen LogP contribution >= 0.6 is 0 Å². The smallest absolute Gasteiger partial charge is 0.340 e. The fourth-order valence-electron chi connectivity index (χ4n) is 3.23. The van der Waals surface area contributed by atoms with E-state index in [1.54, 1.807) is 31.2 Å². The van der Waals surface area contributed by atoms with Gasteiger partial charge in [-0.1, -0.05) is 36.4 Å². The molecule has 0 aliphatic heterocycles. The van der Waals surface area contributed by atoms with E-state index in [4.69, 9.17) is 4.74 Å². The lowest BCUT2D eigenvalue weighted by Gasteiger charge is -2.21. The summed E-state index contributed by atoms with van der Waals surface area (Å²) < 4.78 is 18.7. The number of ether oxygens (including phenoxy) is 1. The zero-order valence-corrected chi connectivity index (χ0v) is 17.4. The SMILES string of the molecule is CCN(Cc1cccc(F)c1)C(=O)COC(=O)c1cc2ccccc2cc1NC(C)=O. The van der Waals surface area contributed by atoms with Gasteiger partial charge in [0.1, 0.15) is 5.82 Å². The molecule has 2 amide bonds. The lowest BCUT2D eigenvalue weighted by molar-refractivity contribution is -0.135. The van der Waals surface area contributed by atoms with Crippen LogP contribution in [0.5, 0.6) is 0 Å². The van der Waals surface area contributed by atoms with Gasteiger partial charge >= 0.3 is 5.97 Å². The van der Waals surface area contributed by atoms with Gasteiger partial charge in [0.05, 0.1) is 11.3 Å². The summed E-state index contributed by atoms with van der Waals surface area (Å²) in [5.41, 5.74) is 1.12. The maximum Gasteiger partial charge on any atom is 0.340 e. The minimum Gasteiger partial charge on any atom is -0.452 e. The van der Waals surface area contributed by atoms with Gasteiger partial charge < -0.3 is 15.0 Å². The molecule has 0 saturated carbocycles. The molecule has 0 radical (unpaired) electrons. The Labute approximate surface area is 179 Å². The highest BCUT2D eigenvalue weighted by Gasteiger charge is 2.19. The molecule has 0 aliphatic rings. The lowest BCUT2D eigenvalue weighted by atomic mass is 10.0. The number of anilines is 1. The van der Waals surface area contributed by atoms with Crippen molar-refractivity contribution in [1.29, 1.82) is 0 Å². The fraction of sp³-hybridized carbons (Fsp3) is 0.208. The second-order valence-corrected chi connectivity index (χ2v) is 7.04. The molecule has 3 aromatic rings. The van der Waals surface area contributed by atoms with Crippen LogP contribution in [0, 0.1) is 5.82 Å². The molecule has 0 unspecified atom stereocenters. The van der Waals surface area contributed by atoms with E-state index in [9.17, 15) is 18.8 Å². The first-order chi connectivity index (χ1) is 14.9. The second kappa shape index (κ2) is 9.84. The van der Waals surface area contributed by atoms with Crippen molar-refractivity contribution in [1.82, 2.24) is 4.90 Å². The lowest BCUT2D eigenvalue weighted by Crippen LogP contribution is -2.34. The van der Waals surface area contributed by atoms with Gasteiger partial charge in [0.25, 0.3) is 5.91 Å². The summed E-state index contributed by atoms with van der Waals surface area (Å²) >= 11 is 0. The molecule has 31 heavy (non-hydrogen) atoms. The van der Waals surface area contributed by atoms with Crippen LogP contribution in [0.4, 0.5) is 10.1 Å². The largest absolute Gasteiger partial charge is 0.452 e. The molecular weight excluding hydrogens is 399 g/mol. The van der Waals surface area contributed by atoms with Crippen molar-refractivity contribution >= 4 is 34.2 Å². The van der Waals surface area contributed by atoms with Crippen LogP contribution in [0.1, 0.15) is 29.8 Å². The summed E-state index contributed by atoms with van der Waals surface area (Å²) in [6.07, 6.45) is 0. The second-order valence-electron chi connectivity index (χ2n) is 7.04. The van der Waals surface area contributed by atoms with E-state index in [1.165, 1.54) is 24.0 Å². The number of benzene rings is 3. The van der Waals surface area contributed by atoms with Crippen LogP contribution in [0.3, 0.4) is 0 Å². The van der Waals surface area contributed by atoms with Crippen LogP contribution in [0.25, 0.3) is 10.8 Å². The molecular formula is C24H23FN2O4. The predicted molar refractivity (Wildman–Crippen MR) is 116 cm³/mol. The number of esters is 1. The van der Waals surface area contributed by atoms with Crippen LogP contribution in [-0.2, 0) is 20.9 Å². The van der Waals surface area contributed by atoms with Crippen molar-refractivity contribution in [2.24, 2.45) is 0 Å². The average molecular weight is 422 g/mol. The summed E-state index contributed by atoms with van der Waals surface area (Å²) in [7, 11) is 0. The third-order valence-electron chi connectivity index (χ3n) is 4.74. The monoisotopic (exact) mass is 422 g/mol. The van der Waals surface area contributed by atoms with Crippen molar-refractivity contribution in [2.45, 2.75) is 20.4 Å². The van der Waals surface area contributed by atoms with E-state index in [2.05, 4.69) is 5.32 Å². The van der Waals surface area contributed by atoms with Crippen LogP contribution in [0.2, 0.25) is 0 Å². The molecule has 3 aromatic carbocycles. The van der Waals surface area contributed by atoms with Gasteiger partial charge in [-0.25, -0.2) is 9.18 Å². The topological polar surface area (TPSA) is 75.7 Å². The molecule has 0 aromatic heterocycles. The van der Waals surface area contributed by atoms with E-state index in [0.717, 1.165) is 10.8 Å². The molecule has 0 fully saturated rings. The molecule has 7 heteroatoms. The van der Waals surface area contributed by atoms with Gasteiger partial charge in [0, 0.05) is 20.0 Å². The Morgan fingerprint density at radius 1 is 1.00 bits per heavy atom. The fourth-order valence-corrected chi connectivity index (χ4v) is 3.23. The van der Waals surface area contributed by atoms with E-state index in [0.29, 0.717) is 17.8 Å². The normalized spacial score (nSPS) is 10.5. The third-order valence-corrected chi connectivity index (χ3v) is 4.74. The van der Waals surface area contributed by atoms with Crippen molar-refractivity contribution in [3.8, 4) is 0 Å². The Morgan fingerprint density at radius 3 is 2.35 bits per heavy atom. The number of carbonyl (C=O) groups excluding carboxylic acids is 3. The first kappa shape index (κ1) is 22.0. The van der Waals surface area contributed by atoms with Gasteiger partial charge in [-0.2, -0.15) is 0 Å². The molecule has 0 spiro atoms. The Morgan fingerprint density at radius 2 is 1.71 bits per heavy atom. The summed E-state index contributed by atoms with van der Waals surface area (Å²) in [6.45, 7) is 3.25. The van der Waals surface area contributed by atoms with Gasteiger partial charge in [-0.15, -0.1) is 0 Å². The molecule has 160 valence electrons. The number of fused-ring (bicyclic) bond motifs is 1. The Kier molecular flexibility index (Phi) is 6.97. The predicted octanol–water partition coefficient (Wildman–Crippen LogP) is 4.14. The number of hydrogen-bond donors (Lipinski definition) is 1. The van der Waals surface area contributed by atoms with E-state index < -0.39 is 18.5 Å².